The second kappa shape index (κ2) is 21.4. The number of halogens is 2. The Morgan fingerprint density at radius 3 is 1.17 bits per heavy atom. The van der Waals surface area contributed by atoms with E-state index in [2.05, 4.69) is 57.2 Å². The van der Waals surface area contributed by atoms with Crippen LogP contribution in [0.15, 0.2) is 105 Å². The second-order valence-corrected chi connectivity index (χ2v) is 13.5. The van der Waals surface area contributed by atoms with Gasteiger partial charge < -0.3 is 30.2 Å². The first-order chi connectivity index (χ1) is 24.6. The lowest BCUT2D eigenvalue weighted by Gasteiger charge is -2.17. The molecule has 10 nitrogen and oxygen atoms in total. The van der Waals surface area contributed by atoms with Gasteiger partial charge in [0.05, 0.1) is 24.2 Å². The topological polar surface area (TPSA) is 137 Å². The number of aromatic hydroxyl groups is 4. The van der Waals surface area contributed by atoms with Gasteiger partial charge in [0.2, 0.25) is 0 Å². The molecule has 52 heavy (non-hydrogen) atoms. The maximum atomic E-state index is 10.1. The summed E-state index contributed by atoms with van der Waals surface area (Å²) in [5.41, 5.74) is 3.72. The summed E-state index contributed by atoms with van der Waals surface area (Å²) < 4.78 is 0. The molecule has 0 atom stereocenters. The first-order valence-electron chi connectivity index (χ1n) is 16.4. The molecule has 0 heterocycles. The van der Waals surface area contributed by atoms with Crippen molar-refractivity contribution in [1.29, 1.82) is 0 Å². The lowest BCUT2D eigenvalue weighted by atomic mass is 10.1. The molecule has 0 radical (unpaired) electrons. The van der Waals surface area contributed by atoms with E-state index < -0.39 is 11.1 Å². The van der Waals surface area contributed by atoms with Crippen molar-refractivity contribution in [2.45, 2.75) is 38.8 Å². The molecule has 0 saturated carbocycles. The molecule has 0 aliphatic heterocycles. The van der Waals surface area contributed by atoms with Crippen LogP contribution in [0.25, 0.3) is 0 Å². The number of phenolic OH excluding ortho intramolecular Hbond substituents is 4. The number of hydrogen-bond donors (Lipinski definition) is 4. The quantitative estimate of drug-likeness (QED) is 0.0829. The van der Waals surface area contributed by atoms with Crippen molar-refractivity contribution in [3.63, 3.8) is 0 Å². The van der Waals surface area contributed by atoms with Crippen LogP contribution in [0.2, 0.25) is 0 Å². The highest BCUT2D eigenvalue weighted by Gasteiger charge is 2.16. The smallest absolute Gasteiger partial charge is 0.126 e. The molecule has 0 aliphatic rings. The van der Waals surface area contributed by atoms with E-state index in [9.17, 15) is 20.4 Å². The van der Waals surface area contributed by atoms with E-state index in [-0.39, 0.29) is 23.0 Å². The molecule has 0 fully saturated rings. The first kappa shape index (κ1) is 44.0. The molecule has 12 heteroatoms. The first-order valence-corrected chi connectivity index (χ1v) is 22.7. The Labute approximate surface area is 331 Å². The fourth-order valence-corrected chi connectivity index (χ4v) is 4.34. The molecule has 0 amide bonds. The number of para-hydroxylation sites is 2. The van der Waals surface area contributed by atoms with Crippen LogP contribution < -0.4 is 9.80 Å². The van der Waals surface area contributed by atoms with Crippen LogP contribution in [0.5, 0.6) is 23.0 Å². The Kier molecular flexibility index (Phi) is 18.1. The third kappa shape index (κ3) is 15.2. The largest absolute Gasteiger partial charge is 0.507 e. The molecule has 4 N–H and O–H groups in total. The van der Waals surface area contributed by atoms with Crippen molar-refractivity contribution in [2.24, 2.45) is 20.0 Å². The van der Waals surface area contributed by atoms with Crippen molar-refractivity contribution in [2.75, 3.05) is 51.1 Å². The maximum absolute atomic E-state index is 10.1. The van der Waals surface area contributed by atoms with Gasteiger partial charge in [-0.1, -0.05) is 24.3 Å². The third-order valence-corrected chi connectivity index (χ3v) is 7.46. The number of aliphatic imine (C=N–C) groups is 4. The number of hydrogen-bond acceptors (Lipinski definition) is 10. The van der Waals surface area contributed by atoms with Gasteiger partial charge >= 0.3 is 0 Å². The fourth-order valence-electron chi connectivity index (χ4n) is 4.34. The molecule has 278 valence electrons. The minimum absolute atomic E-state index is 0.198. The van der Waals surface area contributed by atoms with E-state index in [1.165, 1.54) is 0 Å². The summed E-state index contributed by atoms with van der Waals surface area (Å²) in [4.78, 5) is 21.7. The monoisotopic (exact) mass is 932 g/mol. The van der Waals surface area contributed by atoms with Crippen molar-refractivity contribution in [3.05, 3.63) is 107 Å². The van der Waals surface area contributed by atoms with Crippen LogP contribution >= 0.6 is 37.2 Å². The zero-order chi connectivity index (χ0) is 38.9. The lowest BCUT2D eigenvalue weighted by molar-refractivity contribution is 0.473. The molecule has 0 aromatic heterocycles. The Hall–Kier alpha value is -4.18. The molecular weight excluding hydrogens is 882 g/mol. The predicted molar refractivity (Wildman–Crippen MR) is 237 cm³/mol. The number of benzene rings is 4. The van der Waals surface area contributed by atoms with Gasteiger partial charge in [-0.2, -0.15) is 0 Å². The van der Waals surface area contributed by atoms with Crippen LogP contribution in [-0.2, 0) is 0 Å². The van der Waals surface area contributed by atoms with Gasteiger partial charge in [-0.3, -0.25) is 20.0 Å². The molecule has 0 spiro atoms. The predicted octanol–water partition coefficient (Wildman–Crippen LogP) is 8.73. The molecule has 0 aliphatic carbocycles. The number of rotatable bonds is 12. The average Bonchev–Trinajstić information content (AvgIpc) is 3.10. The summed E-state index contributed by atoms with van der Waals surface area (Å²) in [7, 11) is 7.70. The van der Waals surface area contributed by atoms with Gasteiger partial charge in [0.25, 0.3) is 0 Å². The number of nitrogens with zero attached hydrogens (tertiary/aromatic N) is 6. The summed E-state index contributed by atoms with van der Waals surface area (Å²) in [6.07, 6.45) is 6.64. The Morgan fingerprint density at radius 2 is 0.827 bits per heavy atom. The molecule has 4 aromatic carbocycles. The molecular formula is C40H50I2N6O4. The summed E-state index contributed by atoms with van der Waals surface area (Å²) in [6.45, 7) is 8.81. The summed E-state index contributed by atoms with van der Waals surface area (Å²) in [5.74, 6) is 0.809. The van der Waals surface area contributed by atoms with E-state index in [0.29, 0.717) is 35.3 Å². The van der Waals surface area contributed by atoms with E-state index in [1.54, 1.807) is 67.3 Å². The van der Waals surface area contributed by atoms with E-state index >= 15 is 0 Å². The van der Waals surface area contributed by atoms with Crippen molar-refractivity contribution in [3.8, 4) is 23.0 Å². The highest BCUT2D eigenvalue weighted by Crippen LogP contribution is 2.24. The molecule has 0 saturated heterocycles. The van der Waals surface area contributed by atoms with Crippen LogP contribution in [0.3, 0.4) is 0 Å². The van der Waals surface area contributed by atoms with Crippen molar-refractivity contribution in [1.82, 2.24) is 0 Å². The zero-order valence-corrected chi connectivity index (χ0v) is 35.3. The van der Waals surface area contributed by atoms with Gasteiger partial charge in [0.15, 0.2) is 0 Å². The van der Waals surface area contributed by atoms with Gasteiger partial charge in [0.1, 0.15) is 23.0 Å². The van der Waals surface area contributed by atoms with Crippen LogP contribution in [0.4, 0.5) is 11.4 Å². The fraction of sp³-hybridized carbons (Fsp3) is 0.300. The second-order valence-electron chi connectivity index (χ2n) is 13.5. The standard InChI is InChI=1S/2C20H25N3O2.I2/c1-20(2,22-13-15-7-5-6-8-18(15)24)14-21-12-16-9-10-17(23(3)4)11-19(16)25;1-20(2,14-21-12-15-7-5-6-8-18(15)24)22-13-16-9-10-17(23(3)4)11-19(16)25;1-2/h2*5-13,24-25H,14H2,1-4H3;. The summed E-state index contributed by atoms with van der Waals surface area (Å²) >= 11 is 4.24. The number of anilines is 2. The zero-order valence-electron chi connectivity index (χ0n) is 31.0. The Bertz CT molecular complexity index is 1840. The highest BCUT2D eigenvalue weighted by atomic mass is 128. The minimum Gasteiger partial charge on any atom is -0.507 e. The third-order valence-electron chi connectivity index (χ3n) is 7.46. The van der Waals surface area contributed by atoms with Gasteiger partial charge in [-0.05, 0) is 76.2 Å². The molecule has 4 aromatic rings. The summed E-state index contributed by atoms with van der Waals surface area (Å²) in [5, 5.41) is 39.7. The van der Waals surface area contributed by atoms with Crippen molar-refractivity contribution < 1.29 is 20.4 Å². The maximum Gasteiger partial charge on any atom is 0.126 e. The SMILES string of the molecule is CN(C)c1ccc(C=NC(C)(C)CN=Cc2ccccc2O)c(O)c1.CN(C)c1ccc(C=NCC(C)(C)N=Cc2ccccc2O)c(O)c1.II. The normalized spacial score (nSPS) is 11.8. The molecule has 0 unspecified atom stereocenters. The van der Waals surface area contributed by atoms with E-state index in [0.717, 1.165) is 11.4 Å². The average molecular weight is 933 g/mol. The Balaban J connectivity index is 0.000000344. The van der Waals surface area contributed by atoms with E-state index in [1.807, 2.05) is 108 Å². The van der Waals surface area contributed by atoms with Gasteiger partial charge in [0, 0.05) is 136 Å². The highest BCUT2D eigenvalue weighted by molar-refractivity contribution is 15.0. The van der Waals surface area contributed by atoms with Crippen LogP contribution in [-0.4, -0.2) is 97.6 Å². The van der Waals surface area contributed by atoms with E-state index in [4.69, 9.17) is 0 Å². The Morgan fingerprint density at radius 1 is 0.500 bits per heavy atom. The minimum atomic E-state index is -0.423. The molecule has 0 bridgehead atoms. The van der Waals surface area contributed by atoms with Gasteiger partial charge in [-0.15, -0.1) is 0 Å². The number of phenols is 4. The summed E-state index contributed by atoms with van der Waals surface area (Å²) in [6, 6.07) is 25.1. The lowest BCUT2D eigenvalue weighted by Crippen LogP contribution is -2.21. The van der Waals surface area contributed by atoms with Crippen molar-refractivity contribution >= 4 is 73.5 Å². The molecule has 4 rings (SSSR count). The van der Waals surface area contributed by atoms with Crippen LogP contribution in [0, 0.1) is 0 Å². The van der Waals surface area contributed by atoms with Crippen LogP contribution in [0.1, 0.15) is 49.9 Å². The van der Waals surface area contributed by atoms with Gasteiger partial charge in [-0.25, -0.2) is 0 Å².